The van der Waals surface area contributed by atoms with Crippen molar-refractivity contribution in [2.75, 3.05) is 31.3 Å². The minimum atomic E-state index is -3.91. The Morgan fingerprint density at radius 2 is 1.68 bits per heavy atom. The SMILES string of the molecule is CNC(=O)C(Cc1ccccc1)N(Cc1ccccc1Cl)C(=O)CN(c1cc(C)ccc1OC)S(C)(=O)=O. The van der Waals surface area contributed by atoms with Crippen LogP contribution in [0, 0.1) is 6.92 Å². The maximum Gasteiger partial charge on any atom is 0.244 e. The molecule has 2 amide bonds. The summed E-state index contributed by atoms with van der Waals surface area (Å²) in [7, 11) is -0.977. The number of ether oxygens (including phenoxy) is 1. The molecule has 0 radical (unpaired) electrons. The number of carbonyl (C=O) groups is 2. The molecule has 0 heterocycles. The number of hydrogen-bond donors (Lipinski definition) is 1. The molecule has 0 aliphatic carbocycles. The number of amides is 2. The lowest BCUT2D eigenvalue weighted by molar-refractivity contribution is -0.139. The highest BCUT2D eigenvalue weighted by Gasteiger charge is 2.33. The monoisotopic (exact) mass is 557 g/mol. The highest BCUT2D eigenvalue weighted by atomic mass is 35.5. The van der Waals surface area contributed by atoms with Crippen LogP contribution in [0.1, 0.15) is 16.7 Å². The van der Waals surface area contributed by atoms with Crippen molar-refractivity contribution in [3.8, 4) is 5.75 Å². The first-order chi connectivity index (χ1) is 18.0. The Balaban J connectivity index is 2.08. The minimum absolute atomic E-state index is 0.00593. The number of likely N-dealkylation sites (N-methyl/N-ethyl adjacent to an activating group) is 1. The lowest BCUT2D eigenvalue weighted by Gasteiger charge is -2.33. The number of aryl methyl sites for hydroxylation is 1. The molecular formula is C28H32ClN3O5S. The van der Waals surface area contributed by atoms with Gasteiger partial charge in [-0.3, -0.25) is 13.9 Å². The molecule has 1 atom stereocenters. The van der Waals surface area contributed by atoms with Crippen LogP contribution in [0.25, 0.3) is 0 Å². The van der Waals surface area contributed by atoms with E-state index in [4.69, 9.17) is 16.3 Å². The van der Waals surface area contributed by atoms with Gasteiger partial charge in [0, 0.05) is 25.0 Å². The molecule has 0 bridgehead atoms. The highest BCUT2D eigenvalue weighted by molar-refractivity contribution is 7.92. The number of sulfonamides is 1. The van der Waals surface area contributed by atoms with Gasteiger partial charge in [-0.2, -0.15) is 0 Å². The van der Waals surface area contributed by atoms with Crippen molar-refractivity contribution in [2.45, 2.75) is 25.9 Å². The maximum absolute atomic E-state index is 14.0. The van der Waals surface area contributed by atoms with Crippen LogP contribution in [-0.2, 0) is 32.6 Å². The van der Waals surface area contributed by atoms with E-state index < -0.39 is 28.5 Å². The number of halogens is 1. The van der Waals surface area contributed by atoms with Crippen molar-refractivity contribution in [1.82, 2.24) is 10.2 Å². The van der Waals surface area contributed by atoms with E-state index in [1.54, 1.807) is 42.5 Å². The molecule has 0 saturated carbocycles. The number of rotatable bonds is 11. The molecule has 38 heavy (non-hydrogen) atoms. The fourth-order valence-electron chi connectivity index (χ4n) is 4.12. The molecule has 0 aliphatic rings. The predicted octanol–water partition coefficient (Wildman–Crippen LogP) is 3.81. The molecular weight excluding hydrogens is 526 g/mol. The Labute approximate surface area is 229 Å². The van der Waals surface area contributed by atoms with Gasteiger partial charge in [-0.05, 0) is 41.8 Å². The standard InChI is InChI=1S/C28H32ClN3O5S/c1-20-14-15-26(37-3)24(16-20)32(38(4,35)36)19-27(33)31(18-22-12-8-9-13-23(22)29)25(28(34)30-2)17-21-10-6-5-7-11-21/h5-16,25H,17-19H2,1-4H3,(H,30,34). The first kappa shape index (κ1) is 29.0. The molecule has 0 aromatic heterocycles. The summed E-state index contributed by atoms with van der Waals surface area (Å²) in [6.45, 7) is 1.29. The molecule has 3 aromatic rings. The van der Waals surface area contributed by atoms with Crippen LogP contribution in [-0.4, -0.2) is 58.1 Å². The molecule has 0 aliphatic heterocycles. The van der Waals surface area contributed by atoms with Gasteiger partial charge >= 0.3 is 0 Å². The van der Waals surface area contributed by atoms with Gasteiger partial charge in [0.25, 0.3) is 0 Å². The Kier molecular flexibility index (Phi) is 9.77. The molecule has 10 heteroatoms. The third-order valence-electron chi connectivity index (χ3n) is 6.10. The predicted molar refractivity (Wildman–Crippen MR) is 150 cm³/mol. The molecule has 1 N–H and O–H groups in total. The summed E-state index contributed by atoms with van der Waals surface area (Å²) < 4.78 is 32.3. The van der Waals surface area contributed by atoms with E-state index in [9.17, 15) is 18.0 Å². The summed E-state index contributed by atoms with van der Waals surface area (Å²) in [5, 5.41) is 3.08. The van der Waals surface area contributed by atoms with Crippen molar-refractivity contribution in [1.29, 1.82) is 0 Å². The molecule has 202 valence electrons. The Hall–Kier alpha value is -3.56. The molecule has 0 spiro atoms. The average molecular weight is 558 g/mol. The summed E-state index contributed by atoms with van der Waals surface area (Å²) in [4.78, 5) is 28.5. The lowest BCUT2D eigenvalue weighted by Crippen LogP contribution is -2.53. The molecule has 0 fully saturated rings. The van der Waals surface area contributed by atoms with Gasteiger partial charge in [-0.15, -0.1) is 0 Å². The molecule has 8 nitrogen and oxygen atoms in total. The van der Waals surface area contributed by atoms with Crippen molar-refractivity contribution in [3.05, 3.63) is 94.5 Å². The van der Waals surface area contributed by atoms with Crippen LogP contribution in [0.15, 0.2) is 72.8 Å². The van der Waals surface area contributed by atoms with Crippen LogP contribution in [0.4, 0.5) is 5.69 Å². The van der Waals surface area contributed by atoms with Gasteiger partial charge in [0.2, 0.25) is 21.8 Å². The minimum Gasteiger partial charge on any atom is -0.495 e. The lowest BCUT2D eigenvalue weighted by atomic mass is 10.0. The van der Waals surface area contributed by atoms with Crippen LogP contribution in [0.3, 0.4) is 0 Å². The van der Waals surface area contributed by atoms with Gasteiger partial charge in [0.1, 0.15) is 18.3 Å². The Morgan fingerprint density at radius 1 is 1.03 bits per heavy atom. The molecule has 3 rings (SSSR count). The maximum atomic E-state index is 14.0. The zero-order valence-corrected chi connectivity index (χ0v) is 23.4. The Morgan fingerprint density at radius 3 is 2.29 bits per heavy atom. The van der Waals surface area contributed by atoms with Gasteiger partial charge in [0.05, 0.1) is 19.1 Å². The van der Waals surface area contributed by atoms with Crippen molar-refractivity contribution < 1.29 is 22.7 Å². The summed E-state index contributed by atoms with van der Waals surface area (Å²) in [5.74, 6) is -0.643. The van der Waals surface area contributed by atoms with Gasteiger partial charge in [0.15, 0.2) is 0 Å². The van der Waals surface area contributed by atoms with E-state index in [1.807, 2.05) is 37.3 Å². The number of anilines is 1. The second kappa shape index (κ2) is 12.8. The number of methoxy groups -OCH3 is 1. The quantitative estimate of drug-likeness (QED) is 0.387. The zero-order chi connectivity index (χ0) is 27.9. The van der Waals surface area contributed by atoms with E-state index in [-0.39, 0.29) is 24.6 Å². The number of carbonyl (C=O) groups excluding carboxylic acids is 2. The largest absolute Gasteiger partial charge is 0.495 e. The van der Waals surface area contributed by atoms with E-state index in [2.05, 4.69) is 5.32 Å². The van der Waals surface area contributed by atoms with Gasteiger partial charge < -0.3 is 15.0 Å². The number of benzene rings is 3. The number of nitrogens with one attached hydrogen (secondary N) is 1. The first-order valence-corrected chi connectivity index (χ1v) is 14.2. The van der Waals surface area contributed by atoms with E-state index in [1.165, 1.54) is 19.1 Å². The van der Waals surface area contributed by atoms with Gasteiger partial charge in [-0.1, -0.05) is 66.2 Å². The van der Waals surface area contributed by atoms with E-state index in [0.717, 1.165) is 21.7 Å². The molecule has 1 unspecified atom stereocenters. The van der Waals surface area contributed by atoms with Crippen molar-refractivity contribution in [3.63, 3.8) is 0 Å². The van der Waals surface area contributed by atoms with Crippen LogP contribution in [0.5, 0.6) is 5.75 Å². The Bertz CT molecular complexity index is 1380. The fourth-order valence-corrected chi connectivity index (χ4v) is 5.16. The van der Waals surface area contributed by atoms with E-state index >= 15 is 0 Å². The average Bonchev–Trinajstić information content (AvgIpc) is 2.89. The third-order valence-corrected chi connectivity index (χ3v) is 7.59. The van der Waals surface area contributed by atoms with Gasteiger partial charge in [-0.25, -0.2) is 8.42 Å². The van der Waals surface area contributed by atoms with Crippen molar-refractivity contribution in [2.24, 2.45) is 0 Å². The fraction of sp³-hybridized carbons (Fsp3) is 0.286. The van der Waals surface area contributed by atoms with E-state index in [0.29, 0.717) is 16.3 Å². The number of nitrogens with zero attached hydrogens (tertiary/aromatic N) is 2. The number of hydrogen-bond acceptors (Lipinski definition) is 5. The summed E-state index contributed by atoms with van der Waals surface area (Å²) in [6, 6.07) is 20.5. The molecule has 0 saturated heterocycles. The summed E-state index contributed by atoms with van der Waals surface area (Å²) in [5.41, 5.74) is 2.50. The van der Waals surface area contributed by atoms with Crippen LogP contribution in [0.2, 0.25) is 5.02 Å². The van der Waals surface area contributed by atoms with Crippen LogP contribution >= 0.6 is 11.6 Å². The second-order valence-electron chi connectivity index (χ2n) is 8.88. The van der Waals surface area contributed by atoms with Crippen LogP contribution < -0.4 is 14.4 Å². The summed E-state index contributed by atoms with van der Waals surface area (Å²) >= 11 is 6.42. The normalized spacial score (nSPS) is 11.9. The highest BCUT2D eigenvalue weighted by Crippen LogP contribution is 2.31. The zero-order valence-electron chi connectivity index (χ0n) is 21.8. The van der Waals surface area contributed by atoms with Crippen molar-refractivity contribution >= 4 is 39.1 Å². The second-order valence-corrected chi connectivity index (χ2v) is 11.2. The first-order valence-electron chi connectivity index (χ1n) is 12.0. The third kappa shape index (κ3) is 7.26. The smallest absolute Gasteiger partial charge is 0.244 e. The molecule has 3 aromatic carbocycles. The summed E-state index contributed by atoms with van der Waals surface area (Å²) in [6.07, 6.45) is 1.25. The topological polar surface area (TPSA) is 96.0 Å².